The number of hydrogen-bond donors (Lipinski definition) is 3. The molecule has 2 fully saturated rings. The minimum absolute atomic E-state index is 0.170. The Kier molecular flexibility index (Phi) is 29.8. The number of unbranched alkanes of at least 4 members (excludes halogenated alkanes) is 3. The molecule has 0 spiro atoms. The van der Waals surface area contributed by atoms with Gasteiger partial charge in [-0.25, -0.2) is 0 Å². The van der Waals surface area contributed by atoms with Crippen molar-refractivity contribution < 1.29 is 43.2 Å². The average Bonchev–Trinajstić information content (AvgIpc) is 3.19. The molecule has 16 nitrogen and oxygen atoms in total. The number of likely N-dealkylation sites (N-methyl/N-ethyl adjacent to an activating group) is 2. The lowest BCUT2D eigenvalue weighted by atomic mass is 10.2. The molecular formula is C40H77N7O9. The smallest absolute Gasteiger partial charge is 0.307 e. The van der Waals surface area contributed by atoms with Gasteiger partial charge in [0, 0.05) is 98.0 Å². The maximum Gasteiger partial charge on any atom is 0.307 e. The monoisotopic (exact) mass is 800 g/mol. The Hall–Kier alpha value is -2.44. The summed E-state index contributed by atoms with van der Waals surface area (Å²) in [4.78, 5) is 60.6. The Morgan fingerprint density at radius 1 is 0.482 bits per heavy atom. The maximum atomic E-state index is 12.4. The summed E-state index contributed by atoms with van der Waals surface area (Å²) in [6.45, 7) is 16.5. The lowest BCUT2D eigenvalue weighted by Crippen LogP contribution is -2.45. The zero-order valence-electron chi connectivity index (χ0n) is 35.0. The van der Waals surface area contributed by atoms with Crippen molar-refractivity contribution in [3.8, 4) is 0 Å². The predicted octanol–water partition coefficient (Wildman–Crippen LogP) is 0.809. The van der Waals surface area contributed by atoms with Crippen LogP contribution in [0.4, 0.5) is 0 Å². The first-order valence-corrected chi connectivity index (χ1v) is 21.4. The molecule has 16 heteroatoms. The van der Waals surface area contributed by atoms with Crippen molar-refractivity contribution in [2.75, 3.05) is 158 Å². The van der Waals surface area contributed by atoms with Gasteiger partial charge in [0.2, 0.25) is 0 Å². The number of rotatable bonds is 34. The van der Waals surface area contributed by atoms with Gasteiger partial charge in [-0.1, -0.05) is 12.8 Å². The van der Waals surface area contributed by atoms with Crippen LogP contribution < -0.4 is 10.6 Å². The van der Waals surface area contributed by atoms with E-state index in [0.717, 1.165) is 117 Å². The number of carbonyl (C=O) groups is 4. The van der Waals surface area contributed by atoms with Crippen molar-refractivity contribution in [1.82, 2.24) is 35.1 Å². The fourth-order valence-corrected chi connectivity index (χ4v) is 6.41. The van der Waals surface area contributed by atoms with Crippen molar-refractivity contribution >= 4 is 23.9 Å². The fourth-order valence-electron chi connectivity index (χ4n) is 6.41. The van der Waals surface area contributed by atoms with E-state index in [4.69, 9.17) is 24.1 Å². The van der Waals surface area contributed by atoms with Crippen LogP contribution >= 0.6 is 0 Å². The normalized spacial score (nSPS) is 15.9. The SMILES string of the molecule is CN1CCN(CCCNCCC(=O)OCCCOC(=O)CCN(CCCCCCO)CCC(=O)OCCCOC(=O)CCNCCCN2CCN(C)CC2)CC1. The predicted molar refractivity (Wildman–Crippen MR) is 216 cm³/mol. The summed E-state index contributed by atoms with van der Waals surface area (Å²) in [6.07, 6.45) is 7.47. The van der Waals surface area contributed by atoms with Crippen LogP contribution in [-0.4, -0.2) is 212 Å². The van der Waals surface area contributed by atoms with Gasteiger partial charge in [0.1, 0.15) is 0 Å². The van der Waals surface area contributed by atoms with E-state index in [0.29, 0.717) is 58.4 Å². The third-order valence-electron chi connectivity index (χ3n) is 10.1. The number of esters is 4. The van der Waals surface area contributed by atoms with Crippen molar-refractivity contribution in [2.45, 2.75) is 77.0 Å². The standard InChI is InChI=1S/C40H77N7O9/c1-43-24-28-46(29-25-43)20-7-15-41-17-11-37(49)53-33-9-35-55-39(51)13-22-45(19-5-3-4-6-32-48)23-14-40(52)56-36-10-34-54-38(50)12-18-42-16-8-21-47-30-26-44(2)27-31-47/h41-42,48H,3-36H2,1-2H3. The third kappa shape index (κ3) is 28.0. The molecule has 2 aliphatic heterocycles. The van der Waals surface area contributed by atoms with E-state index in [-0.39, 0.29) is 69.8 Å². The van der Waals surface area contributed by atoms with Crippen molar-refractivity contribution in [1.29, 1.82) is 0 Å². The summed E-state index contributed by atoms with van der Waals surface area (Å²) in [5, 5.41) is 15.7. The van der Waals surface area contributed by atoms with E-state index in [9.17, 15) is 19.2 Å². The molecule has 0 aromatic rings. The molecule has 0 aromatic carbocycles. The second kappa shape index (κ2) is 33.5. The molecule has 0 unspecified atom stereocenters. The molecule has 0 amide bonds. The van der Waals surface area contributed by atoms with Crippen molar-refractivity contribution in [3.63, 3.8) is 0 Å². The molecule has 2 saturated heterocycles. The van der Waals surface area contributed by atoms with Gasteiger partial charge in [-0.15, -0.1) is 0 Å². The molecule has 2 heterocycles. The summed E-state index contributed by atoms with van der Waals surface area (Å²) in [6, 6.07) is 0. The molecule has 0 aromatic heterocycles. The Bertz CT molecular complexity index is 956. The summed E-state index contributed by atoms with van der Waals surface area (Å²) < 4.78 is 21.3. The second-order valence-electron chi connectivity index (χ2n) is 15.1. The van der Waals surface area contributed by atoms with Gasteiger partial charge in [-0.3, -0.25) is 19.2 Å². The Balaban J connectivity index is 1.46. The molecule has 0 saturated carbocycles. The van der Waals surface area contributed by atoms with Crippen LogP contribution in [0.15, 0.2) is 0 Å². The van der Waals surface area contributed by atoms with Crippen LogP contribution in [0.25, 0.3) is 0 Å². The summed E-state index contributed by atoms with van der Waals surface area (Å²) in [5.74, 6) is -1.20. The molecule has 0 radical (unpaired) electrons. The summed E-state index contributed by atoms with van der Waals surface area (Å²) in [5.41, 5.74) is 0. The summed E-state index contributed by atoms with van der Waals surface area (Å²) in [7, 11) is 4.31. The number of piperazine rings is 2. The highest BCUT2D eigenvalue weighted by Gasteiger charge is 2.15. The van der Waals surface area contributed by atoms with E-state index in [1.165, 1.54) is 0 Å². The molecule has 2 aliphatic rings. The topological polar surface area (TPSA) is 166 Å². The quantitative estimate of drug-likeness (QED) is 0.0476. The third-order valence-corrected chi connectivity index (χ3v) is 10.1. The Morgan fingerprint density at radius 2 is 0.875 bits per heavy atom. The number of hydrogen-bond acceptors (Lipinski definition) is 16. The fraction of sp³-hybridized carbons (Fsp3) is 0.900. The highest BCUT2D eigenvalue weighted by atomic mass is 16.6. The van der Waals surface area contributed by atoms with Crippen LogP contribution in [-0.2, 0) is 38.1 Å². The van der Waals surface area contributed by atoms with Gasteiger partial charge >= 0.3 is 23.9 Å². The maximum absolute atomic E-state index is 12.4. The lowest BCUT2D eigenvalue weighted by Gasteiger charge is -2.32. The van der Waals surface area contributed by atoms with E-state index < -0.39 is 0 Å². The van der Waals surface area contributed by atoms with Gasteiger partial charge in [0.25, 0.3) is 0 Å². The van der Waals surface area contributed by atoms with Crippen LogP contribution in [0, 0.1) is 0 Å². The van der Waals surface area contributed by atoms with Crippen LogP contribution in [0.5, 0.6) is 0 Å². The molecular weight excluding hydrogens is 722 g/mol. The van der Waals surface area contributed by atoms with Crippen LogP contribution in [0.1, 0.15) is 77.0 Å². The molecule has 3 N–H and O–H groups in total. The van der Waals surface area contributed by atoms with Crippen molar-refractivity contribution in [2.24, 2.45) is 0 Å². The zero-order chi connectivity index (χ0) is 40.5. The number of ether oxygens (including phenoxy) is 4. The first-order chi connectivity index (χ1) is 27.2. The van der Waals surface area contributed by atoms with Crippen molar-refractivity contribution in [3.05, 3.63) is 0 Å². The van der Waals surface area contributed by atoms with Gasteiger partial charge in [-0.05, 0) is 72.5 Å². The largest absolute Gasteiger partial charge is 0.466 e. The number of aliphatic hydroxyl groups excluding tert-OH is 1. The van der Waals surface area contributed by atoms with Gasteiger partial charge < -0.3 is 59.2 Å². The average molecular weight is 800 g/mol. The Labute approximate surface area is 337 Å². The van der Waals surface area contributed by atoms with Crippen LogP contribution in [0.3, 0.4) is 0 Å². The van der Waals surface area contributed by atoms with Crippen LogP contribution in [0.2, 0.25) is 0 Å². The van der Waals surface area contributed by atoms with Gasteiger partial charge in [-0.2, -0.15) is 0 Å². The highest BCUT2D eigenvalue weighted by molar-refractivity contribution is 5.71. The van der Waals surface area contributed by atoms with E-state index in [1.807, 2.05) is 0 Å². The molecule has 0 aliphatic carbocycles. The number of carbonyl (C=O) groups excluding carboxylic acids is 4. The zero-order valence-corrected chi connectivity index (χ0v) is 35.0. The molecule has 0 bridgehead atoms. The second-order valence-corrected chi connectivity index (χ2v) is 15.1. The molecule has 326 valence electrons. The molecule has 56 heavy (non-hydrogen) atoms. The minimum atomic E-state index is -0.337. The first-order valence-electron chi connectivity index (χ1n) is 21.4. The Morgan fingerprint density at radius 3 is 1.29 bits per heavy atom. The lowest BCUT2D eigenvalue weighted by molar-refractivity contribution is -0.147. The number of nitrogens with one attached hydrogen (secondary N) is 2. The minimum Gasteiger partial charge on any atom is -0.466 e. The number of nitrogens with zero attached hydrogens (tertiary/aromatic N) is 5. The van der Waals surface area contributed by atoms with E-state index in [2.05, 4.69) is 49.2 Å². The van der Waals surface area contributed by atoms with Gasteiger partial charge in [0.05, 0.1) is 52.1 Å². The molecule has 0 atom stereocenters. The highest BCUT2D eigenvalue weighted by Crippen LogP contribution is 2.06. The van der Waals surface area contributed by atoms with E-state index >= 15 is 0 Å². The molecule has 2 rings (SSSR count). The summed E-state index contributed by atoms with van der Waals surface area (Å²) >= 11 is 0. The first kappa shape index (κ1) is 49.7. The van der Waals surface area contributed by atoms with Gasteiger partial charge in [0.15, 0.2) is 0 Å². The number of aliphatic hydroxyl groups is 1. The van der Waals surface area contributed by atoms with E-state index in [1.54, 1.807) is 0 Å².